The minimum Gasteiger partial charge on any atom is -0.444 e. The minimum absolute atomic E-state index is 0.157. The molecular weight excluding hydrogens is 308 g/mol. The van der Waals surface area contributed by atoms with Crippen LogP contribution in [0.3, 0.4) is 0 Å². The molecule has 1 aromatic rings. The fraction of sp³-hybridized carbons (Fsp3) is 0.722. The number of nitrogens with one attached hydrogen (secondary N) is 2. The second-order valence-electron chi connectivity index (χ2n) is 7.73. The Hall–Kier alpha value is -1.07. The average molecular weight is 339 g/mol. The summed E-state index contributed by atoms with van der Waals surface area (Å²) in [5.41, 5.74) is 0.746. The Morgan fingerprint density at radius 2 is 2.04 bits per heavy atom. The van der Waals surface area contributed by atoms with Gasteiger partial charge in [0.15, 0.2) is 0 Å². The quantitative estimate of drug-likeness (QED) is 0.833. The van der Waals surface area contributed by atoms with E-state index in [0.29, 0.717) is 0 Å². The van der Waals surface area contributed by atoms with Crippen LogP contribution in [0.15, 0.2) is 6.07 Å². The van der Waals surface area contributed by atoms with Crippen LogP contribution in [0.25, 0.3) is 0 Å². The van der Waals surface area contributed by atoms with Gasteiger partial charge < -0.3 is 15.4 Å². The number of hydrogen-bond acceptors (Lipinski definition) is 4. The van der Waals surface area contributed by atoms with E-state index >= 15 is 0 Å². The predicted octanol–water partition coefficient (Wildman–Crippen LogP) is 4.46. The molecule has 0 aliphatic heterocycles. The Labute approximate surface area is 144 Å². The van der Waals surface area contributed by atoms with Crippen molar-refractivity contribution in [3.05, 3.63) is 21.4 Å². The number of thiophene rings is 1. The molecule has 0 radical (unpaired) electrons. The highest BCUT2D eigenvalue weighted by Crippen LogP contribution is 2.33. The molecule has 1 unspecified atom stereocenters. The monoisotopic (exact) mass is 338 g/mol. The average Bonchev–Trinajstić information content (AvgIpc) is 2.69. The first kappa shape index (κ1) is 18.3. The van der Waals surface area contributed by atoms with Gasteiger partial charge in [-0.1, -0.05) is 0 Å². The molecule has 1 heterocycles. The van der Waals surface area contributed by atoms with Crippen LogP contribution >= 0.6 is 11.3 Å². The van der Waals surface area contributed by atoms with E-state index in [4.69, 9.17) is 4.74 Å². The third-order valence-corrected chi connectivity index (χ3v) is 5.35. The highest BCUT2D eigenvalue weighted by molar-refractivity contribution is 7.12. The molecule has 5 heteroatoms. The standard InChI is InChI=1S/C18H30N2O2S/c1-12-10-15(14(3)23-12)13(2)19-11-18(8-7-9-18)20-16(21)22-17(4,5)6/h10,13,19H,7-9,11H2,1-6H3,(H,20,21). The van der Waals surface area contributed by atoms with Crippen molar-refractivity contribution in [1.82, 2.24) is 10.6 Å². The third kappa shape index (κ3) is 4.95. The summed E-state index contributed by atoms with van der Waals surface area (Å²) in [5.74, 6) is 0. The molecule has 0 bridgehead atoms. The zero-order valence-electron chi connectivity index (χ0n) is 15.2. The summed E-state index contributed by atoms with van der Waals surface area (Å²) in [6.45, 7) is 13.0. The summed E-state index contributed by atoms with van der Waals surface area (Å²) in [7, 11) is 0. The highest BCUT2D eigenvalue weighted by Gasteiger charge is 2.39. The van der Waals surface area contributed by atoms with Crippen LogP contribution in [0, 0.1) is 13.8 Å². The molecule has 2 rings (SSSR count). The number of aryl methyl sites for hydroxylation is 2. The number of hydrogen-bond donors (Lipinski definition) is 2. The SMILES string of the molecule is Cc1cc(C(C)NCC2(NC(=O)OC(C)(C)C)CCC2)c(C)s1. The van der Waals surface area contributed by atoms with Crippen LogP contribution in [-0.4, -0.2) is 23.8 Å². The number of amides is 1. The van der Waals surface area contributed by atoms with Crippen LogP contribution in [0.4, 0.5) is 4.79 Å². The first-order valence-corrected chi connectivity index (χ1v) is 9.23. The van der Waals surface area contributed by atoms with Crippen molar-refractivity contribution in [3.8, 4) is 0 Å². The number of ether oxygens (including phenoxy) is 1. The largest absolute Gasteiger partial charge is 0.444 e. The minimum atomic E-state index is -0.457. The molecule has 1 aromatic heterocycles. The number of rotatable bonds is 5. The number of carbonyl (C=O) groups is 1. The van der Waals surface area contributed by atoms with Crippen LogP contribution in [-0.2, 0) is 4.74 Å². The first-order chi connectivity index (χ1) is 10.6. The van der Waals surface area contributed by atoms with E-state index in [-0.39, 0.29) is 17.7 Å². The number of alkyl carbamates (subject to hydrolysis) is 1. The summed E-state index contributed by atoms with van der Waals surface area (Å²) in [6.07, 6.45) is 2.86. The summed E-state index contributed by atoms with van der Waals surface area (Å²) in [4.78, 5) is 14.8. The van der Waals surface area contributed by atoms with Gasteiger partial charge in [0.1, 0.15) is 5.60 Å². The van der Waals surface area contributed by atoms with Gasteiger partial charge in [0.2, 0.25) is 0 Å². The molecule has 1 saturated carbocycles. The molecular formula is C18H30N2O2S. The zero-order valence-corrected chi connectivity index (χ0v) is 16.0. The Morgan fingerprint density at radius 1 is 1.39 bits per heavy atom. The summed E-state index contributed by atoms with van der Waals surface area (Å²) in [6, 6.07) is 2.55. The molecule has 0 spiro atoms. The van der Waals surface area contributed by atoms with E-state index in [9.17, 15) is 4.79 Å². The van der Waals surface area contributed by atoms with Gasteiger partial charge >= 0.3 is 6.09 Å². The fourth-order valence-electron chi connectivity index (χ4n) is 3.01. The molecule has 0 saturated heterocycles. The van der Waals surface area contributed by atoms with Gasteiger partial charge in [0, 0.05) is 22.3 Å². The summed E-state index contributed by atoms with van der Waals surface area (Å²) >= 11 is 1.84. The van der Waals surface area contributed by atoms with Gasteiger partial charge in [-0.15, -0.1) is 11.3 Å². The number of carbonyl (C=O) groups excluding carboxylic acids is 1. The first-order valence-electron chi connectivity index (χ1n) is 8.42. The molecule has 1 atom stereocenters. The van der Waals surface area contributed by atoms with Crippen molar-refractivity contribution in [2.75, 3.05) is 6.54 Å². The normalized spacial score (nSPS) is 18.2. The van der Waals surface area contributed by atoms with Crippen molar-refractivity contribution >= 4 is 17.4 Å². The van der Waals surface area contributed by atoms with E-state index in [0.717, 1.165) is 25.8 Å². The van der Waals surface area contributed by atoms with Crippen LogP contribution in [0.5, 0.6) is 0 Å². The summed E-state index contributed by atoms with van der Waals surface area (Å²) in [5, 5.41) is 6.69. The van der Waals surface area contributed by atoms with Gasteiger partial charge in [0.25, 0.3) is 0 Å². The van der Waals surface area contributed by atoms with Crippen LogP contribution < -0.4 is 10.6 Å². The van der Waals surface area contributed by atoms with Crippen LogP contribution in [0.2, 0.25) is 0 Å². The van der Waals surface area contributed by atoms with Gasteiger partial charge in [-0.2, -0.15) is 0 Å². The lowest BCUT2D eigenvalue weighted by molar-refractivity contribution is 0.0379. The van der Waals surface area contributed by atoms with E-state index in [1.54, 1.807) is 0 Å². The third-order valence-electron chi connectivity index (χ3n) is 4.37. The molecule has 0 aromatic carbocycles. The van der Waals surface area contributed by atoms with E-state index in [2.05, 4.69) is 37.5 Å². The van der Waals surface area contributed by atoms with E-state index < -0.39 is 5.60 Å². The Kier molecular flexibility index (Phi) is 5.41. The summed E-state index contributed by atoms with van der Waals surface area (Å²) < 4.78 is 5.41. The lowest BCUT2D eigenvalue weighted by atomic mass is 9.76. The smallest absolute Gasteiger partial charge is 0.408 e. The fourth-order valence-corrected chi connectivity index (χ4v) is 4.03. The molecule has 1 aliphatic rings. The lowest BCUT2D eigenvalue weighted by Crippen LogP contribution is -2.60. The van der Waals surface area contributed by atoms with Gasteiger partial charge in [-0.25, -0.2) is 4.79 Å². The Bertz CT molecular complexity index is 556. The maximum absolute atomic E-state index is 12.1. The van der Waals surface area contributed by atoms with Gasteiger partial charge in [0.05, 0.1) is 5.54 Å². The second kappa shape index (κ2) is 6.81. The zero-order chi connectivity index (χ0) is 17.3. The Morgan fingerprint density at radius 3 is 2.48 bits per heavy atom. The van der Waals surface area contributed by atoms with Gasteiger partial charge in [-0.05, 0) is 72.4 Å². The highest BCUT2D eigenvalue weighted by atomic mass is 32.1. The van der Waals surface area contributed by atoms with Crippen LogP contribution in [0.1, 0.15) is 68.3 Å². The molecule has 1 fully saturated rings. The molecule has 130 valence electrons. The molecule has 4 nitrogen and oxygen atoms in total. The topological polar surface area (TPSA) is 50.4 Å². The van der Waals surface area contributed by atoms with Crippen molar-refractivity contribution < 1.29 is 9.53 Å². The lowest BCUT2D eigenvalue weighted by Gasteiger charge is -2.43. The van der Waals surface area contributed by atoms with Gasteiger partial charge in [-0.3, -0.25) is 0 Å². The molecule has 2 N–H and O–H groups in total. The molecule has 1 amide bonds. The predicted molar refractivity (Wildman–Crippen MR) is 96.2 cm³/mol. The Balaban J connectivity index is 1.91. The molecule has 23 heavy (non-hydrogen) atoms. The van der Waals surface area contributed by atoms with Crippen molar-refractivity contribution in [2.45, 2.75) is 78.0 Å². The van der Waals surface area contributed by atoms with Crippen molar-refractivity contribution in [3.63, 3.8) is 0 Å². The second-order valence-corrected chi connectivity index (χ2v) is 9.19. The maximum Gasteiger partial charge on any atom is 0.408 e. The van der Waals surface area contributed by atoms with Crippen molar-refractivity contribution in [1.29, 1.82) is 0 Å². The van der Waals surface area contributed by atoms with E-state index in [1.807, 2.05) is 32.1 Å². The van der Waals surface area contributed by atoms with E-state index in [1.165, 1.54) is 15.3 Å². The van der Waals surface area contributed by atoms with Crippen molar-refractivity contribution in [2.24, 2.45) is 0 Å². The molecule has 1 aliphatic carbocycles. The maximum atomic E-state index is 12.1.